The lowest BCUT2D eigenvalue weighted by Gasteiger charge is -2.27. The van der Waals surface area contributed by atoms with Crippen molar-refractivity contribution in [1.82, 2.24) is 30.0 Å². The number of anilines is 1. The number of nitrogens with one attached hydrogen (secondary N) is 1. The summed E-state index contributed by atoms with van der Waals surface area (Å²) in [6, 6.07) is 0.446. The topological polar surface area (TPSA) is 84.6 Å². The first-order valence-electron chi connectivity index (χ1n) is 7.98. The maximum Gasteiger partial charge on any atom is 0.267 e. The van der Waals surface area contributed by atoms with E-state index in [0.717, 1.165) is 30.2 Å². The molecule has 0 saturated heterocycles. The average molecular weight is 303 g/mol. The fraction of sp³-hybridized carbons (Fsp3) is 0.714. The molecule has 2 aliphatic rings. The van der Waals surface area contributed by atoms with Crippen LogP contribution in [0, 0.1) is 5.92 Å². The van der Waals surface area contributed by atoms with Gasteiger partial charge in [0.25, 0.3) is 5.56 Å². The molecular weight excluding hydrogens is 282 g/mol. The van der Waals surface area contributed by atoms with Crippen molar-refractivity contribution in [1.29, 1.82) is 0 Å². The van der Waals surface area contributed by atoms with Gasteiger partial charge in [-0.15, -0.1) is 0 Å². The fourth-order valence-electron chi connectivity index (χ4n) is 3.58. The number of aromatic nitrogens is 6. The van der Waals surface area contributed by atoms with Crippen LogP contribution in [-0.4, -0.2) is 36.5 Å². The first-order valence-corrected chi connectivity index (χ1v) is 7.98. The third-order valence-electron chi connectivity index (χ3n) is 4.89. The van der Waals surface area contributed by atoms with Gasteiger partial charge in [0.2, 0.25) is 5.95 Å². The van der Waals surface area contributed by atoms with Gasteiger partial charge in [-0.2, -0.15) is 0 Å². The number of tetrazole rings is 1. The van der Waals surface area contributed by atoms with Crippen molar-refractivity contribution in [3.63, 3.8) is 0 Å². The molecule has 1 N–H and O–H groups in total. The second-order valence-corrected chi connectivity index (χ2v) is 6.37. The van der Waals surface area contributed by atoms with E-state index in [2.05, 4.69) is 32.4 Å². The van der Waals surface area contributed by atoms with Crippen molar-refractivity contribution < 1.29 is 0 Å². The lowest BCUT2D eigenvalue weighted by atomic mass is 10.1. The molecule has 4 rings (SSSR count). The van der Waals surface area contributed by atoms with E-state index in [1.165, 1.54) is 19.3 Å². The Balaban J connectivity index is 1.58. The predicted molar refractivity (Wildman–Crippen MR) is 80.7 cm³/mol. The van der Waals surface area contributed by atoms with Crippen LogP contribution < -0.4 is 10.5 Å². The highest BCUT2D eigenvalue weighted by Crippen LogP contribution is 2.47. The number of aryl methyl sites for hydroxylation is 1. The summed E-state index contributed by atoms with van der Waals surface area (Å²) in [7, 11) is 1.88. The van der Waals surface area contributed by atoms with Gasteiger partial charge in [0.05, 0.1) is 18.3 Å². The minimum atomic E-state index is 0.0296. The molecule has 0 spiro atoms. The monoisotopic (exact) mass is 303 g/mol. The molecule has 0 aromatic carbocycles. The summed E-state index contributed by atoms with van der Waals surface area (Å²) in [5.74, 6) is 1.55. The van der Waals surface area contributed by atoms with Gasteiger partial charge in [-0.25, -0.2) is 4.68 Å². The zero-order chi connectivity index (χ0) is 15.3. The van der Waals surface area contributed by atoms with Crippen LogP contribution in [0.25, 0.3) is 0 Å². The van der Waals surface area contributed by atoms with E-state index in [0.29, 0.717) is 18.5 Å². The minimum Gasteiger partial charge on any atom is -0.333 e. The number of H-pyrrole nitrogens is 1. The van der Waals surface area contributed by atoms with E-state index >= 15 is 0 Å². The molecule has 22 heavy (non-hydrogen) atoms. The minimum absolute atomic E-state index is 0.0296. The van der Waals surface area contributed by atoms with Crippen LogP contribution in [0.5, 0.6) is 0 Å². The van der Waals surface area contributed by atoms with Gasteiger partial charge in [0.15, 0.2) is 0 Å². The van der Waals surface area contributed by atoms with Gasteiger partial charge in [-0.3, -0.25) is 14.6 Å². The van der Waals surface area contributed by atoms with Crippen LogP contribution in [0.3, 0.4) is 0 Å². The van der Waals surface area contributed by atoms with Crippen LogP contribution in [0.1, 0.15) is 43.5 Å². The first kappa shape index (κ1) is 13.5. The molecule has 2 aromatic heterocycles. The number of rotatable bonds is 4. The van der Waals surface area contributed by atoms with Crippen LogP contribution in [0.15, 0.2) is 4.79 Å². The van der Waals surface area contributed by atoms with Crippen LogP contribution in [0.2, 0.25) is 0 Å². The molecule has 8 nitrogen and oxygen atoms in total. The highest BCUT2D eigenvalue weighted by atomic mass is 16.1. The van der Waals surface area contributed by atoms with Crippen molar-refractivity contribution in [2.75, 3.05) is 11.4 Å². The second-order valence-electron chi connectivity index (χ2n) is 6.37. The molecule has 0 bridgehead atoms. The number of hydrogen-bond donors (Lipinski definition) is 1. The van der Waals surface area contributed by atoms with E-state index in [9.17, 15) is 4.79 Å². The standard InChI is InChI=1S/C14H21N7O/c1-3-4-9-7-11(9)21-14(15-17-18-21)20-6-5-10-12(8-20)19(2)16-13(10)22/h9,11H,3-8H2,1-2H3,(H,16,22)/t9-,11-/m1/s1. The smallest absolute Gasteiger partial charge is 0.267 e. The van der Waals surface area contributed by atoms with Crippen molar-refractivity contribution in [3.8, 4) is 0 Å². The number of aromatic amines is 1. The summed E-state index contributed by atoms with van der Waals surface area (Å²) < 4.78 is 3.80. The zero-order valence-electron chi connectivity index (χ0n) is 13.0. The Kier molecular flexibility index (Phi) is 3.05. The molecular formula is C14H21N7O. The Hall–Kier alpha value is -2.12. The molecule has 2 aromatic rings. The molecule has 8 heteroatoms. The quantitative estimate of drug-likeness (QED) is 0.895. The molecule has 0 amide bonds. The molecule has 118 valence electrons. The lowest BCUT2D eigenvalue weighted by molar-refractivity contribution is 0.531. The third kappa shape index (κ3) is 2.05. The summed E-state index contributed by atoms with van der Waals surface area (Å²) >= 11 is 0. The Morgan fingerprint density at radius 2 is 2.27 bits per heavy atom. The number of fused-ring (bicyclic) bond motifs is 1. The highest BCUT2D eigenvalue weighted by Gasteiger charge is 2.41. The SMILES string of the molecule is CCC[C@@H]1C[C@H]1n1nnnc1N1CCc2c(n(C)[nH]c2=O)C1. The summed E-state index contributed by atoms with van der Waals surface area (Å²) in [5.41, 5.74) is 1.96. The molecule has 1 saturated carbocycles. The normalized spacial score (nSPS) is 23.6. The highest BCUT2D eigenvalue weighted by molar-refractivity contribution is 5.36. The molecule has 0 unspecified atom stereocenters. The van der Waals surface area contributed by atoms with Gasteiger partial charge in [0.1, 0.15) is 0 Å². The maximum absolute atomic E-state index is 11.8. The third-order valence-corrected chi connectivity index (χ3v) is 4.89. The van der Waals surface area contributed by atoms with Gasteiger partial charge in [-0.1, -0.05) is 18.4 Å². The van der Waals surface area contributed by atoms with E-state index in [-0.39, 0.29) is 5.56 Å². The Labute approximate surface area is 128 Å². The predicted octanol–water partition coefficient (Wildman–Crippen LogP) is 0.624. The molecule has 1 aliphatic heterocycles. The van der Waals surface area contributed by atoms with Crippen LogP contribution in [0.4, 0.5) is 5.95 Å². The lowest BCUT2D eigenvalue weighted by Crippen LogP contribution is -2.34. The summed E-state index contributed by atoms with van der Waals surface area (Å²) in [4.78, 5) is 14.0. The largest absolute Gasteiger partial charge is 0.333 e. The van der Waals surface area contributed by atoms with Crippen molar-refractivity contribution in [2.45, 2.75) is 45.2 Å². The van der Waals surface area contributed by atoms with E-state index in [1.54, 1.807) is 0 Å². The van der Waals surface area contributed by atoms with Crippen molar-refractivity contribution in [2.24, 2.45) is 13.0 Å². The van der Waals surface area contributed by atoms with Crippen molar-refractivity contribution >= 4 is 5.95 Å². The van der Waals surface area contributed by atoms with Gasteiger partial charge < -0.3 is 4.90 Å². The summed E-state index contributed by atoms with van der Waals surface area (Å²) in [5, 5.41) is 15.2. The number of hydrogen-bond acceptors (Lipinski definition) is 5. The number of nitrogens with zero attached hydrogens (tertiary/aromatic N) is 6. The van der Waals surface area contributed by atoms with Gasteiger partial charge >= 0.3 is 0 Å². The summed E-state index contributed by atoms with van der Waals surface area (Å²) in [6.07, 6.45) is 4.35. The van der Waals surface area contributed by atoms with Crippen molar-refractivity contribution in [3.05, 3.63) is 21.6 Å². The van der Waals surface area contributed by atoms with Gasteiger partial charge in [0, 0.05) is 19.2 Å². The Morgan fingerprint density at radius 3 is 3.09 bits per heavy atom. The zero-order valence-corrected chi connectivity index (χ0v) is 13.0. The van der Waals surface area contributed by atoms with E-state index in [4.69, 9.17) is 0 Å². The molecule has 1 fully saturated rings. The van der Waals surface area contributed by atoms with E-state index < -0.39 is 0 Å². The Morgan fingerprint density at radius 1 is 1.41 bits per heavy atom. The first-order chi connectivity index (χ1) is 10.7. The molecule has 0 radical (unpaired) electrons. The average Bonchev–Trinajstić information content (AvgIpc) is 2.99. The second kappa shape index (κ2) is 4.96. The van der Waals surface area contributed by atoms with Crippen LogP contribution >= 0.6 is 0 Å². The summed E-state index contributed by atoms with van der Waals surface area (Å²) in [6.45, 7) is 3.68. The maximum atomic E-state index is 11.8. The molecule has 1 aliphatic carbocycles. The fourth-order valence-corrected chi connectivity index (χ4v) is 3.58. The van der Waals surface area contributed by atoms with Gasteiger partial charge in [-0.05, 0) is 35.6 Å². The molecule has 3 heterocycles. The van der Waals surface area contributed by atoms with E-state index in [1.807, 2.05) is 16.4 Å². The molecule has 2 atom stereocenters. The Bertz CT molecular complexity index is 743. The van der Waals surface area contributed by atoms with Crippen LogP contribution in [-0.2, 0) is 20.0 Å².